The monoisotopic (exact) mass is 306 g/mol. The second-order valence-corrected chi connectivity index (χ2v) is 5.59. The van der Waals surface area contributed by atoms with Crippen LogP contribution in [0.2, 0.25) is 0 Å². The Balaban J connectivity index is 2.31. The Morgan fingerprint density at radius 2 is 1.70 bits per heavy atom. The Hall–Kier alpha value is -1.51. The van der Waals surface area contributed by atoms with E-state index in [1.54, 1.807) is 6.07 Å². The summed E-state index contributed by atoms with van der Waals surface area (Å²) in [6, 6.07) is 13.4. The molecule has 0 aliphatic heterocycles. The highest BCUT2D eigenvalue weighted by Crippen LogP contribution is 2.51. The van der Waals surface area contributed by atoms with Crippen molar-refractivity contribution >= 4 is 29.2 Å². The van der Waals surface area contributed by atoms with E-state index in [9.17, 15) is 4.79 Å². The molecule has 2 aromatic carbocycles. The lowest BCUT2D eigenvalue weighted by Gasteiger charge is -2.29. The van der Waals surface area contributed by atoms with Crippen molar-refractivity contribution in [1.82, 2.24) is 0 Å². The van der Waals surface area contributed by atoms with Crippen LogP contribution in [0.3, 0.4) is 0 Å². The average molecular weight is 307 g/mol. The molecule has 0 saturated heterocycles. The zero-order valence-electron chi connectivity index (χ0n) is 10.8. The Morgan fingerprint density at radius 3 is 2.45 bits per heavy atom. The molecule has 0 fully saturated rings. The van der Waals surface area contributed by atoms with Crippen molar-refractivity contribution in [1.29, 1.82) is 0 Å². The van der Waals surface area contributed by atoms with Crippen molar-refractivity contribution in [3.8, 4) is 11.1 Å². The molecule has 20 heavy (non-hydrogen) atoms. The normalized spacial score (nSPS) is 19.9. The number of fused-ring (bicyclic) bond motifs is 3. The van der Waals surface area contributed by atoms with E-state index in [2.05, 4.69) is 0 Å². The van der Waals surface area contributed by atoms with Crippen molar-refractivity contribution in [3.63, 3.8) is 0 Å². The predicted octanol–water partition coefficient (Wildman–Crippen LogP) is 4.71. The Kier molecular flexibility index (Phi) is 3.45. The largest absolute Gasteiger partial charge is 0.465 e. The first-order valence-corrected chi connectivity index (χ1v) is 7.11. The van der Waals surface area contributed by atoms with E-state index in [4.69, 9.17) is 27.9 Å². The summed E-state index contributed by atoms with van der Waals surface area (Å²) >= 11 is 13.0. The van der Waals surface area contributed by atoms with Crippen molar-refractivity contribution in [2.75, 3.05) is 7.11 Å². The van der Waals surface area contributed by atoms with Crippen molar-refractivity contribution < 1.29 is 9.53 Å². The van der Waals surface area contributed by atoms with Crippen LogP contribution in [-0.4, -0.2) is 13.1 Å². The molecule has 0 saturated carbocycles. The SMILES string of the molecule is COC(=O)c1cccc2c1[C@H](Cl)[C@H](Cl)c1ccccc1-2. The van der Waals surface area contributed by atoms with Gasteiger partial charge in [0, 0.05) is 0 Å². The third-order valence-electron chi connectivity index (χ3n) is 3.59. The summed E-state index contributed by atoms with van der Waals surface area (Å²) in [5.74, 6) is -0.393. The average Bonchev–Trinajstić information content (AvgIpc) is 2.51. The van der Waals surface area contributed by atoms with Gasteiger partial charge in [-0.15, -0.1) is 23.2 Å². The fraction of sp³-hybridized carbons (Fsp3) is 0.188. The second kappa shape index (κ2) is 5.12. The fourth-order valence-corrected chi connectivity index (χ4v) is 3.36. The molecule has 0 aromatic heterocycles. The van der Waals surface area contributed by atoms with Gasteiger partial charge in [-0.3, -0.25) is 0 Å². The first-order chi connectivity index (χ1) is 9.65. The molecule has 0 bridgehead atoms. The summed E-state index contributed by atoms with van der Waals surface area (Å²) in [4.78, 5) is 11.9. The highest BCUT2D eigenvalue weighted by Gasteiger charge is 2.34. The van der Waals surface area contributed by atoms with E-state index in [1.165, 1.54) is 7.11 Å². The third-order valence-corrected chi connectivity index (χ3v) is 4.68. The van der Waals surface area contributed by atoms with Gasteiger partial charge in [0.2, 0.25) is 0 Å². The first kappa shape index (κ1) is 13.5. The summed E-state index contributed by atoms with van der Waals surface area (Å²) in [5, 5.41) is -0.831. The molecular weight excluding hydrogens is 295 g/mol. The maximum absolute atomic E-state index is 11.9. The third kappa shape index (κ3) is 1.91. The lowest BCUT2D eigenvalue weighted by atomic mass is 9.82. The summed E-state index contributed by atoms with van der Waals surface area (Å²) in [7, 11) is 1.36. The molecule has 2 atom stereocenters. The number of rotatable bonds is 1. The van der Waals surface area contributed by atoms with Crippen LogP contribution >= 0.6 is 23.2 Å². The molecule has 0 amide bonds. The van der Waals surface area contributed by atoms with Crippen molar-refractivity contribution in [2.24, 2.45) is 0 Å². The molecule has 0 heterocycles. The van der Waals surface area contributed by atoms with E-state index < -0.39 is 11.3 Å². The van der Waals surface area contributed by atoms with E-state index in [0.717, 1.165) is 22.3 Å². The first-order valence-electron chi connectivity index (χ1n) is 6.23. The number of methoxy groups -OCH3 is 1. The highest BCUT2D eigenvalue weighted by atomic mass is 35.5. The van der Waals surface area contributed by atoms with E-state index >= 15 is 0 Å². The molecular formula is C16H12Cl2O2. The molecule has 4 heteroatoms. The number of hydrogen-bond donors (Lipinski definition) is 0. The molecule has 2 aromatic rings. The van der Waals surface area contributed by atoms with E-state index in [1.807, 2.05) is 36.4 Å². The van der Waals surface area contributed by atoms with Gasteiger partial charge in [-0.05, 0) is 28.3 Å². The maximum atomic E-state index is 11.9. The number of benzene rings is 2. The van der Waals surface area contributed by atoms with Crippen LogP contribution in [0.15, 0.2) is 42.5 Å². The second-order valence-electron chi connectivity index (χ2n) is 4.65. The van der Waals surface area contributed by atoms with Crippen LogP contribution in [0.1, 0.15) is 32.2 Å². The predicted molar refractivity (Wildman–Crippen MR) is 80.4 cm³/mol. The Labute approximate surface area is 127 Å². The van der Waals surface area contributed by atoms with Crippen LogP contribution in [0, 0.1) is 0 Å². The highest BCUT2D eigenvalue weighted by molar-refractivity contribution is 6.31. The molecule has 0 spiro atoms. The zero-order chi connectivity index (χ0) is 14.3. The number of ether oxygens (including phenoxy) is 1. The van der Waals surface area contributed by atoms with Gasteiger partial charge in [-0.1, -0.05) is 36.4 Å². The minimum absolute atomic E-state index is 0.369. The van der Waals surface area contributed by atoms with Gasteiger partial charge in [0.1, 0.15) is 0 Å². The van der Waals surface area contributed by atoms with Gasteiger partial charge < -0.3 is 4.74 Å². The number of hydrogen-bond acceptors (Lipinski definition) is 2. The Bertz CT molecular complexity index is 682. The topological polar surface area (TPSA) is 26.3 Å². The quantitative estimate of drug-likeness (QED) is 0.563. The lowest BCUT2D eigenvalue weighted by molar-refractivity contribution is 0.0599. The summed E-state index contributed by atoms with van der Waals surface area (Å²) in [6.07, 6.45) is 0. The number of carbonyl (C=O) groups is 1. The fourth-order valence-electron chi connectivity index (χ4n) is 2.67. The number of esters is 1. The standard InChI is InChI=1S/C16H12Cl2O2/c1-20-16(19)12-8-4-7-10-9-5-2-3-6-11(9)14(17)15(18)13(10)12/h2-8,14-15H,1H3/t14-,15+/m1/s1. The molecule has 0 N–H and O–H groups in total. The molecule has 0 radical (unpaired) electrons. The summed E-state index contributed by atoms with van der Waals surface area (Å²) < 4.78 is 4.83. The van der Waals surface area contributed by atoms with Crippen LogP contribution in [0.5, 0.6) is 0 Å². The van der Waals surface area contributed by atoms with Crippen LogP contribution in [0.4, 0.5) is 0 Å². The molecule has 3 rings (SSSR count). The molecule has 102 valence electrons. The van der Waals surface area contributed by atoms with Gasteiger partial charge in [0.25, 0.3) is 0 Å². The van der Waals surface area contributed by atoms with Crippen LogP contribution in [-0.2, 0) is 4.74 Å². The number of halogens is 2. The zero-order valence-corrected chi connectivity index (χ0v) is 12.3. The van der Waals surface area contributed by atoms with Gasteiger partial charge in [-0.2, -0.15) is 0 Å². The molecule has 1 aliphatic rings. The van der Waals surface area contributed by atoms with Gasteiger partial charge in [0.05, 0.1) is 23.4 Å². The lowest BCUT2D eigenvalue weighted by Crippen LogP contribution is -2.15. The van der Waals surface area contributed by atoms with Crippen LogP contribution < -0.4 is 0 Å². The molecule has 0 unspecified atom stereocenters. The van der Waals surface area contributed by atoms with Crippen LogP contribution in [0.25, 0.3) is 11.1 Å². The number of carbonyl (C=O) groups excluding carboxylic acids is 1. The smallest absolute Gasteiger partial charge is 0.338 e. The van der Waals surface area contributed by atoms with Crippen molar-refractivity contribution in [3.05, 3.63) is 59.2 Å². The van der Waals surface area contributed by atoms with Gasteiger partial charge in [-0.25, -0.2) is 4.79 Å². The minimum Gasteiger partial charge on any atom is -0.465 e. The van der Waals surface area contributed by atoms with Gasteiger partial charge in [0.15, 0.2) is 0 Å². The summed E-state index contributed by atoms with van der Waals surface area (Å²) in [6.45, 7) is 0. The summed E-state index contributed by atoms with van der Waals surface area (Å²) in [5.41, 5.74) is 4.18. The van der Waals surface area contributed by atoms with Gasteiger partial charge >= 0.3 is 5.97 Å². The van der Waals surface area contributed by atoms with E-state index in [-0.39, 0.29) is 5.38 Å². The minimum atomic E-state index is -0.461. The molecule has 2 nitrogen and oxygen atoms in total. The van der Waals surface area contributed by atoms with Crippen molar-refractivity contribution in [2.45, 2.75) is 10.8 Å². The van der Waals surface area contributed by atoms with E-state index in [0.29, 0.717) is 5.56 Å². The Morgan fingerprint density at radius 1 is 1.00 bits per heavy atom. The number of alkyl halides is 2. The molecule has 1 aliphatic carbocycles. The maximum Gasteiger partial charge on any atom is 0.338 e.